The molecule has 0 saturated heterocycles. The molecular formula is C17H16N2O2. The van der Waals surface area contributed by atoms with Crippen molar-refractivity contribution in [1.29, 1.82) is 0 Å². The first-order valence-corrected chi connectivity index (χ1v) is 6.85. The zero-order valence-corrected chi connectivity index (χ0v) is 11.8. The van der Waals surface area contributed by atoms with Crippen LogP contribution < -0.4 is 5.73 Å². The van der Waals surface area contributed by atoms with Crippen LogP contribution in [0.25, 0.3) is 0 Å². The van der Waals surface area contributed by atoms with Crippen molar-refractivity contribution in [3.05, 3.63) is 70.3 Å². The van der Waals surface area contributed by atoms with Gasteiger partial charge in [-0.2, -0.15) is 0 Å². The Hall–Kier alpha value is -2.46. The minimum absolute atomic E-state index is 0.221. The van der Waals surface area contributed by atoms with E-state index in [4.69, 9.17) is 5.73 Å². The van der Waals surface area contributed by atoms with Crippen molar-refractivity contribution < 1.29 is 9.59 Å². The third kappa shape index (κ3) is 2.34. The van der Waals surface area contributed by atoms with Gasteiger partial charge in [-0.3, -0.25) is 14.5 Å². The minimum Gasteiger partial charge on any atom is -0.326 e. The largest absolute Gasteiger partial charge is 0.326 e. The molecule has 0 aliphatic carbocycles. The van der Waals surface area contributed by atoms with Gasteiger partial charge in [0.15, 0.2) is 0 Å². The molecule has 1 aliphatic rings. The molecule has 2 aromatic carbocycles. The molecule has 1 heterocycles. The van der Waals surface area contributed by atoms with E-state index < -0.39 is 0 Å². The normalized spacial score (nSPS) is 13.7. The van der Waals surface area contributed by atoms with Gasteiger partial charge < -0.3 is 5.73 Å². The average Bonchev–Trinajstić information content (AvgIpc) is 2.73. The number of hydrogen-bond acceptors (Lipinski definition) is 3. The van der Waals surface area contributed by atoms with Gasteiger partial charge in [0.05, 0.1) is 17.7 Å². The van der Waals surface area contributed by atoms with E-state index in [-0.39, 0.29) is 18.4 Å². The Labute approximate surface area is 123 Å². The van der Waals surface area contributed by atoms with Gasteiger partial charge in [-0.1, -0.05) is 35.9 Å². The highest BCUT2D eigenvalue weighted by atomic mass is 16.2. The van der Waals surface area contributed by atoms with Crippen LogP contribution in [0.15, 0.2) is 42.5 Å². The van der Waals surface area contributed by atoms with Gasteiger partial charge in [-0.15, -0.1) is 0 Å². The van der Waals surface area contributed by atoms with E-state index in [0.29, 0.717) is 17.7 Å². The molecule has 0 unspecified atom stereocenters. The lowest BCUT2D eigenvalue weighted by molar-refractivity contribution is 0.0642. The van der Waals surface area contributed by atoms with Crippen LogP contribution >= 0.6 is 0 Å². The number of benzene rings is 2. The monoisotopic (exact) mass is 280 g/mol. The van der Waals surface area contributed by atoms with Gasteiger partial charge in [0.25, 0.3) is 11.8 Å². The Kier molecular flexibility index (Phi) is 3.31. The van der Waals surface area contributed by atoms with E-state index in [1.165, 1.54) is 4.90 Å². The number of carbonyl (C=O) groups is 2. The zero-order valence-electron chi connectivity index (χ0n) is 11.8. The Balaban J connectivity index is 1.87. The number of amides is 2. The molecule has 4 nitrogen and oxygen atoms in total. The third-order valence-corrected chi connectivity index (χ3v) is 3.73. The van der Waals surface area contributed by atoms with Crippen molar-refractivity contribution in [2.75, 3.05) is 0 Å². The molecule has 0 fully saturated rings. The predicted molar refractivity (Wildman–Crippen MR) is 79.7 cm³/mol. The lowest BCUT2D eigenvalue weighted by atomic mass is 10.1. The maximum Gasteiger partial charge on any atom is 0.261 e. The zero-order chi connectivity index (χ0) is 15.0. The second kappa shape index (κ2) is 5.14. The second-order valence-electron chi connectivity index (χ2n) is 5.27. The average molecular weight is 280 g/mol. The molecule has 0 aromatic heterocycles. The molecule has 21 heavy (non-hydrogen) atoms. The number of aryl methyl sites for hydroxylation is 1. The Morgan fingerprint density at radius 2 is 1.52 bits per heavy atom. The lowest BCUT2D eigenvalue weighted by Crippen LogP contribution is -2.29. The first kappa shape index (κ1) is 13.5. The minimum atomic E-state index is -0.224. The number of fused-ring (bicyclic) bond motifs is 1. The highest BCUT2D eigenvalue weighted by molar-refractivity contribution is 6.21. The summed E-state index contributed by atoms with van der Waals surface area (Å²) in [5.41, 5.74) is 9.47. The van der Waals surface area contributed by atoms with Gasteiger partial charge in [0, 0.05) is 6.54 Å². The number of nitrogens with two attached hydrogens (primary N) is 1. The van der Waals surface area contributed by atoms with Gasteiger partial charge in [-0.25, -0.2) is 0 Å². The summed E-state index contributed by atoms with van der Waals surface area (Å²) in [4.78, 5) is 26.0. The fraction of sp³-hybridized carbons (Fsp3) is 0.176. The second-order valence-corrected chi connectivity index (χ2v) is 5.27. The van der Waals surface area contributed by atoms with Crippen LogP contribution in [0.4, 0.5) is 0 Å². The molecule has 1 aliphatic heterocycles. The highest BCUT2D eigenvalue weighted by Gasteiger charge is 2.35. The molecule has 106 valence electrons. The van der Waals surface area contributed by atoms with Crippen LogP contribution in [0.2, 0.25) is 0 Å². The van der Waals surface area contributed by atoms with Gasteiger partial charge >= 0.3 is 0 Å². The van der Waals surface area contributed by atoms with Crippen molar-refractivity contribution in [3.63, 3.8) is 0 Å². The standard InChI is InChI=1S/C17H16N2O2/c1-11-2-7-14-15(8-11)17(21)19(16(14)20)10-13-5-3-12(9-18)4-6-13/h2-8H,9-10,18H2,1H3. The maximum absolute atomic E-state index is 12.4. The molecule has 3 rings (SSSR count). The Morgan fingerprint density at radius 1 is 0.905 bits per heavy atom. The third-order valence-electron chi connectivity index (χ3n) is 3.73. The van der Waals surface area contributed by atoms with Crippen molar-refractivity contribution in [1.82, 2.24) is 4.90 Å². The highest BCUT2D eigenvalue weighted by Crippen LogP contribution is 2.25. The van der Waals surface area contributed by atoms with Gasteiger partial charge in [0.2, 0.25) is 0 Å². The number of hydrogen-bond donors (Lipinski definition) is 1. The van der Waals surface area contributed by atoms with E-state index in [2.05, 4.69) is 0 Å². The van der Waals surface area contributed by atoms with Crippen molar-refractivity contribution in [2.24, 2.45) is 5.73 Å². The summed E-state index contributed by atoms with van der Waals surface area (Å²) >= 11 is 0. The summed E-state index contributed by atoms with van der Waals surface area (Å²) in [7, 11) is 0. The Bertz CT molecular complexity index is 720. The molecule has 2 amide bonds. The predicted octanol–water partition coefficient (Wildman–Crippen LogP) is 2.25. The molecule has 0 radical (unpaired) electrons. The van der Waals surface area contributed by atoms with E-state index >= 15 is 0 Å². The molecule has 4 heteroatoms. The first-order valence-electron chi connectivity index (χ1n) is 6.85. The van der Waals surface area contributed by atoms with E-state index in [0.717, 1.165) is 16.7 Å². The van der Waals surface area contributed by atoms with E-state index in [1.807, 2.05) is 37.3 Å². The van der Waals surface area contributed by atoms with Gasteiger partial charge in [-0.05, 0) is 30.2 Å². The lowest BCUT2D eigenvalue weighted by Gasteiger charge is -2.14. The summed E-state index contributed by atoms with van der Waals surface area (Å²) in [5.74, 6) is -0.445. The fourth-order valence-electron chi connectivity index (χ4n) is 2.51. The van der Waals surface area contributed by atoms with Crippen LogP contribution in [0.3, 0.4) is 0 Å². The number of imide groups is 1. The fourth-order valence-corrected chi connectivity index (χ4v) is 2.51. The number of nitrogens with zero attached hydrogens (tertiary/aromatic N) is 1. The quantitative estimate of drug-likeness (QED) is 0.877. The molecular weight excluding hydrogens is 264 g/mol. The molecule has 2 aromatic rings. The first-order chi connectivity index (χ1) is 10.1. The molecule has 0 spiro atoms. The summed E-state index contributed by atoms with van der Waals surface area (Å²) in [6, 6.07) is 13.0. The summed E-state index contributed by atoms with van der Waals surface area (Å²) < 4.78 is 0. The summed E-state index contributed by atoms with van der Waals surface area (Å²) in [6.45, 7) is 2.68. The van der Waals surface area contributed by atoms with E-state index in [1.54, 1.807) is 12.1 Å². The van der Waals surface area contributed by atoms with Crippen LogP contribution in [-0.4, -0.2) is 16.7 Å². The van der Waals surface area contributed by atoms with Crippen LogP contribution in [-0.2, 0) is 13.1 Å². The molecule has 0 atom stereocenters. The van der Waals surface area contributed by atoms with Crippen LogP contribution in [0.5, 0.6) is 0 Å². The smallest absolute Gasteiger partial charge is 0.261 e. The molecule has 2 N–H and O–H groups in total. The number of carbonyl (C=O) groups excluding carboxylic acids is 2. The topological polar surface area (TPSA) is 63.4 Å². The van der Waals surface area contributed by atoms with E-state index in [9.17, 15) is 9.59 Å². The molecule has 0 bridgehead atoms. The Morgan fingerprint density at radius 3 is 2.19 bits per heavy atom. The number of rotatable bonds is 3. The molecule has 0 saturated carbocycles. The van der Waals surface area contributed by atoms with Gasteiger partial charge in [0.1, 0.15) is 0 Å². The van der Waals surface area contributed by atoms with Crippen LogP contribution in [0, 0.1) is 6.92 Å². The van der Waals surface area contributed by atoms with Crippen molar-refractivity contribution in [3.8, 4) is 0 Å². The van der Waals surface area contributed by atoms with Crippen LogP contribution in [0.1, 0.15) is 37.4 Å². The SMILES string of the molecule is Cc1ccc2c(c1)C(=O)N(Cc1ccc(CN)cc1)C2=O. The van der Waals surface area contributed by atoms with Crippen molar-refractivity contribution >= 4 is 11.8 Å². The summed E-state index contributed by atoms with van der Waals surface area (Å²) in [6.07, 6.45) is 0. The van der Waals surface area contributed by atoms with Crippen molar-refractivity contribution in [2.45, 2.75) is 20.0 Å². The maximum atomic E-state index is 12.4. The summed E-state index contributed by atoms with van der Waals surface area (Å²) in [5, 5.41) is 0.